The van der Waals surface area contributed by atoms with Crippen LogP contribution in [0.25, 0.3) is 22.2 Å². The summed E-state index contributed by atoms with van der Waals surface area (Å²) < 4.78 is 34.3. The van der Waals surface area contributed by atoms with Crippen molar-refractivity contribution in [2.45, 2.75) is 65.7 Å². The average molecular weight is 604 g/mol. The Bertz CT molecular complexity index is 1750. The quantitative estimate of drug-likeness (QED) is 0.247. The van der Waals surface area contributed by atoms with Crippen LogP contribution >= 0.6 is 0 Å². The van der Waals surface area contributed by atoms with Gasteiger partial charge in [0.15, 0.2) is 17.7 Å². The third-order valence-electron chi connectivity index (χ3n) is 7.91. The normalized spacial score (nSPS) is 13.7. The summed E-state index contributed by atoms with van der Waals surface area (Å²) >= 11 is 0. The Kier molecular flexibility index (Phi) is 8.40. The number of nitrogens with zero attached hydrogens (tertiary/aromatic N) is 2. The molecule has 2 aromatic carbocycles. The number of pyridine rings is 1. The fourth-order valence-electron chi connectivity index (χ4n) is 5.81. The van der Waals surface area contributed by atoms with E-state index in [1.807, 2.05) is 31.2 Å². The van der Waals surface area contributed by atoms with Crippen molar-refractivity contribution in [3.05, 3.63) is 75.9 Å². The molecule has 232 valence electrons. The number of rotatable bonds is 8. The van der Waals surface area contributed by atoms with Crippen LogP contribution in [-0.2, 0) is 29.5 Å². The highest BCUT2D eigenvalue weighted by Gasteiger charge is 2.34. The predicted molar refractivity (Wildman–Crippen MR) is 165 cm³/mol. The van der Waals surface area contributed by atoms with Gasteiger partial charge in [-0.05, 0) is 88.4 Å². The van der Waals surface area contributed by atoms with E-state index in [-0.39, 0.29) is 18.2 Å². The Hall–Kier alpha value is -4.44. The van der Waals surface area contributed by atoms with Crippen molar-refractivity contribution in [2.75, 3.05) is 13.7 Å². The second-order valence-corrected chi connectivity index (χ2v) is 12.1. The average Bonchev–Trinajstić information content (AvgIpc) is 3.31. The van der Waals surface area contributed by atoms with Crippen LogP contribution in [0.2, 0.25) is 0 Å². The number of halogens is 1. The van der Waals surface area contributed by atoms with Crippen LogP contribution in [0.4, 0.5) is 4.39 Å². The van der Waals surface area contributed by atoms with Gasteiger partial charge in [0, 0.05) is 41.4 Å². The van der Waals surface area contributed by atoms with Gasteiger partial charge in [-0.25, -0.2) is 14.2 Å². The first-order valence-corrected chi connectivity index (χ1v) is 14.6. The molecule has 1 atom stereocenters. The van der Waals surface area contributed by atoms with Crippen molar-refractivity contribution in [1.29, 1.82) is 0 Å². The van der Waals surface area contributed by atoms with Crippen molar-refractivity contribution in [3.8, 4) is 22.6 Å². The smallest absolute Gasteiger partial charge is 0.337 e. The number of nitrogens with one attached hydrogen (secondary N) is 1. The monoisotopic (exact) mass is 603 g/mol. The van der Waals surface area contributed by atoms with E-state index in [1.165, 1.54) is 6.07 Å². The highest BCUT2D eigenvalue weighted by atomic mass is 19.1. The molecule has 1 aliphatic heterocycles. The molecule has 0 saturated carbocycles. The Morgan fingerprint density at radius 1 is 1.18 bits per heavy atom. The molecule has 0 radical (unpaired) electrons. The summed E-state index contributed by atoms with van der Waals surface area (Å²) in [6.45, 7) is 9.64. The van der Waals surface area contributed by atoms with Crippen LogP contribution in [0.5, 0.6) is 11.5 Å². The van der Waals surface area contributed by atoms with Gasteiger partial charge in [0.2, 0.25) is 0 Å². The number of carboxylic acids is 1. The number of amides is 1. The van der Waals surface area contributed by atoms with Crippen molar-refractivity contribution < 1.29 is 33.3 Å². The van der Waals surface area contributed by atoms with Crippen molar-refractivity contribution in [1.82, 2.24) is 14.9 Å². The van der Waals surface area contributed by atoms with Crippen LogP contribution in [0.15, 0.2) is 36.4 Å². The van der Waals surface area contributed by atoms with E-state index in [2.05, 4.69) is 5.32 Å². The van der Waals surface area contributed by atoms with Gasteiger partial charge in [0.1, 0.15) is 17.1 Å². The number of hydrogen-bond donors (Lipinski definition) is 2. The molecular weight excluding hydrogens is 565 g/mol. The van der Waals surface area contributed by atoms with E-state index in [0.717, 1.165) is 23.1 Å². The molecule has 1 aliphatic rings. The van der Waals surface area contributed by atoms with E-state index < -0.39 is 23.5 Å². The fraction of sp³-hybridized carbons (Fsp3) is 0.382. The number of fused-ring (bicyclic) bond motifs is 2. The van der Waals surface area contributed by atoms with E-state index in [1.54, 1.807) is 52.5 Å². The Labute approximate surface area is 256 Å². The summed E-state index contributed by atoms with van der Waals surface area (Å²) in [7, 11) is 3.32. The predicted octanol–water partition coefficient (Wildman–Crippen LogP) is 6.20. The highest BCUT2D eigenvalue weighted by molar-refractivity contribution is 6.04. The first-order chi connectivity index (χ1) is 20.8. The number of ether oxygens (including phenoxy) is 3. The van der Waals surface area contributed by atoms with Gasteiger partial charge in [-0.15, -0.1) is 0 Å². The summed E-state index contributed by atoms with van der Waals surface area (Å²) in [6.07, 6.45) is -0.0316. The molecule has 0 fully saturated rings. The lowest BCUT2D eigenvalue weighted by atomic mass is 9.86. The van der Waals surface area contributed by atoms with Crippen LogP contribution < -0.4 is 14.8 Å². The molecule has 9 nitrogen and oxygen atoms in total. The number of carbonyl (C=O) groups is 2. The number of hydrogen-bond acceptors (Lipinski definition) is 6. The second kappa shape index (κ2) is 11.9. The lowest BCUT2D eigenvalue weighted by molar-refractivity contribution is -0.160. The molecule has 2 aromatic heterocycles. The van der Waals surface area contributed by atoms with E-state index in [9.17, 15) is 14.7 Å². The van der Waals surface area contributed by atoms with Crippen LogP contribution in [0.3, 0.4) is 0 Å². The molecule has 10 heteroatoms. The number of benzene rings is 2. The van der Waals surface area contributed by atoms with Crippen LogP contribution in [0.1, 0.15) is 71.7 Å². The van der Waals surface area contributed by atoms with Gasteiger partial charge in [-0.3, -0.25) is 4.79 Å². The molecule has 0 bridgehead atoms. The van der Waals surface area contributed by atoms with Crippen molar-refractivity contribution in [2.24, 2.45) is 7.05 Å². The van der Waals surface area contributed by atoms with Gasteiger partial charge in [-0.1, -0.05) is 12.1 Å². The molecule has 0 unspecified atom stereocenters. The van der Waals surface area contributed by atoms with E-state index in [0.29, 0.717) is 57.9 Å². The minimum Gasteiger partial charge on any atom is -0.497 e. The largest absolute Gasteiger partial charge is 0.497 e. The van der Waals surface area contributed by atoms with Gasteiger partial charge < -0.3 is 29.2 Å². The third kappa shape index (κ3) is 5.86. The maximum absolute atomic E-state index is 15.6. The number of aliphatic carboxylic acids is 1. The topological polar surface area (TPSA) is 112 Å². The van der Waals surface area contributed by atoms with Gasteiger partial charge in [-0.2, -0.15) is 0 Å². The number of methoxy groups -OCH3 is 1. The van der Waals surface area contributed by atoms with Crippen LogP contribution in [0, 0.1) is 19.7 Å². The summed E-state index contributed by atoms with van der Waals surface area (Å²) in [5.74, 6) is -1.11. The Morgan fingerprint density at radius 3 is 2.52 bits per heavy atom. The first-order valence-electron chi connectivity index (χ1n) is 14.6. The number of aryl methyl sites for hydroxylation is 2. The Balaban J connectivity index is 1.71. The summed E-state index contributed by atoms with van der Waals surface area (Å²) in [6, 6.07) is 10.5. The molecule has 5 rings (SSSR count). The lowest BCUT2D eigenvalue weighted by Crippen LogP contribution is -2.28. The molecule has 1 amide bonds. The zero-order chi connectivity index (χ0) is 31.9. The number of carbonyl (C=O) groups excluding carboxylic acids is 1. The molecule has 3 heterocycles. The molecule has 2 N–H and O–H groups in total. The molecule has 4 aromatic rings. The number of aromatic nitrogens is 2. The summed E-state index contributed by atoms with van der Waals surface area (Å²) in [5, 5.41) is 13.9. The van der Waals surface area contributed by atoms with Gasteiger partial charge in [0.25, 0.3) is 5.91 Å². The summed E-state index contributed by atoms with van der Waals surface area (Å²) in [4.78, 5) is 31.0. The van der Waals surface area contributed by atoms with Crippen molar-refractivity contribution in [3.63, 3.8) is 0 Å². The molecule has 0 saturated heterocycles. The minimum absolute atomic E-state index is 0.230. The third-order valence-corrected chi connectivity index (χ3v) is 7.91. The maximum Gasteiger partial charge on any atom is 0.337 e. The molecule has 0 aliphatic carbocycles. The van der Waals surface area contributed by atoms with Crippen molar-refractivity contribution >= 4 is 22.9 Å². The Morgan fingerprint density at radius 2 is 1.89 bits per heavy atom. The van der Waals surface area contributed by atoms with Gasteiger partial charge >= 0.3 is 5.97 Å². The first kappa shape index (κ1) is 31.0. The maximum atomic E-state index is 15.6. The minimum atomic E-state index is -1.40. The number of carboxylic acid groups (broad SMARTS) is 1. The zero-order valence-electron chi connectivity index (χ0n) is 26.1. The highest BCUT2D eigenvalue weighted by Crippen LogP contribution is 2.44. The van der Waals surface area contributed by atoms with Crippen LogP contribution in [-0.4, -0.2) is 45.9 Å². The molecular formula is C34H38FN3O6. The SMILES string of the molecule is COc1ccc(CNC(=O)c2cc3c(-c4cc(F)c5c(c4C)CCCO5)c([C@H](OC(C)(C)C)C(=O)O)c(C)nc3n2C)cc1. The second-order valence-electron chi connectivity index (χ2n) is 12.1. The standard InChI is InChI=1S/C34H38FN3O6/c1-18-22-9-8-14-43-29(22)25(35)15-23(18)28-24-16-26(32(39)36-17-20-10-12-21(42-7)13-11-20)38(6)31(24)37-19(2)27(28)30(33(40)41)44-34(3,4)5/h10-13,15-16,30H,8-9,14,17H2,1-7H3,(H,36,39)(H,40,41)/t30-/m0/s1. The molecule has 44 heavy (non-hydrogen) atoms. The van der Waals surface area contributed by atoms with E-state index >= 15 is 4.39 Å². The summed E-state index contributed by atoms with van der Waals surface area (Å²) in [5.41, 5.74) is 4.09. The fourth-order valence-corrected chi connectivity index (χ4v) is 5.81. The molecule has 0 spiro atoms. The van der Waals surface area contributed by atoms with E-state index in [4.69, 9.17) is 19.2 Å². The zero-order valence-corrected chi connectivity index (χ0v) is 26.1. The lowest BCUT2D eigenvalue weighted by Gasteiger charge is -2.29. The van der Waals surface area contributed by atoms with Gasteiger partial charge in [0.05, 0.1) is 19.3 Å².